The zero-order valence-corrected chi connectivity index (χ0v) is 13.7. The van der Waals surface area contributed by atoms with E-state index >= 15 is 0 Å². The Kier molecular flexibility index (Phi) is 4.82. The third-order valence-electron chi connectivity index (χ3n) is 4.40. The van der Waals surface area contributed by atoms with Crippen LogP contribution < -0.4 is 5.32 Å². The molecule has 0 radical (unpaired) electrons. The first-order chi connectivity index (χ1) is 9.47. The van der Waals surface area contributed by atoms with Crippen molar-refractivity contribution in [2.24, 2.45) is 5.41 Å². The number of hydrogen-bond acceptors (Lipinski definition) is 2. The Hall–Kier alpha value is -1.84. The van der Waals surface area contributed by atoms with Gasteiger partial charge in [-0.3, -0.25) is 9.59 Å². The van der Waals surface area contributed by atoms with Crippen molar-refractivity contribution >= 4 is 11.9 Å². The second-order valence-corrected chi connectivity index (χ2v) is 6.71. The summed E-state index contributed by atoms with van der Waals surface area (Å²) in [6.07, 6.45) is 0.257. The number of rotatable bonds is 5. The zero-order chi connectivity index (χ0) is 16.4. The van der Waals surface area contributed by atoms with Crippen molar-refractivity contribution in [1.82, 2.24) is 5.32 Å². The molecule has 0 fully saturated rings. The molecule has 0 aliphatic rings. The van der Waals surface area contributed by atoms with Gasteiger partial charge in [0.25, 0.3) is 0 Å². The topological polar surface area (TPSA) is 66.4 Å². The highest BCUT2D eigenvalue weighted by Crippen LogP contribution is 2.30. The zero-order valence-electron chi connectivity index (χ0n) is 13.7. The Morgan fingerprint density at radius 2 is 1.71 bits per heavy atom. The van der Waals surface area contributed by atoms with Crippen molar-refractivity contribution in [3.8, 4) is 0 Å². The maximum Gasteiger partial charge on any atom is 0.311 e. The number of carbonyl (C=O) groups is 2. The van der Waals surface area contributed by atoms with Gasteiger partial charge in [-0.15, -0.1) is 0 Å². The van der Waals surface area contributed by atoms with Crippen LogP contribution >= 0.6 is 0 Å². The van der Waals surface area contributed by atoms with E-state index in [0.29, 0.717) is 0 Å². The van der Waals surface area contributed by atoms with Crippen molar-refractivity contribution < 1.29 is 14.7 Å². The number of benzene rings is 1. The molecule has 21 heavy (non-hydrogen) atoms. The lowest BCUT2D eigenvalue weighted by Crippen LogP contribution is -2.57. The third-order valence-corrected chi connectivity index (χ3v) is 4.40. The molecule has 0 heterocycles. The third kappa shape index (κ3) is 3.84. The molecule has 0 saturated heterocycles. The molecule has 0 saturated carbocycles. The summed E-state index contributed by atoms with van der Waals surface area (Å²) in [5.41, 5.74) is 1.24. The van der Waals surface area contributed by atoms with E-state index in [1.54, 1.807) is 27.7 Å². The predicted octanol–water partition coefficient (Wildman–Crippen LogP) is 2.85. The van der Waals surface area contributed by atoms with Crippen LogP contribution in [-0.2, 0) is 16.0 Å². The summed E-state index contributed by atoms with van der Waals surface area (Å²) in [6.45, 7) is 10.7. The average molecular weight is 291 g/mol. The minimum absolute atomic E-state index is 0.164. The lowest BCUT2D eigenvalue weighted by molar-refractivity contribution is -0.151. The number of carboxylic acid groups (broad SMARTS) is 1. The van der Waals surface area contributed by atoms with Crippen LogP contribution in [0.3, 0.4) is 0 Å². The summed E-state index contributed by atoms with van der Waals surface area (Å²) in [7, 11) is 0. The van der Waals surface area contributed by atoms with E-state index < -0.39 is 16.9 Å². The second-order valence-electron chi connectivity index (χ2n) is 6.71. The van der Waals surface area contributed by atoms with Crippen LogP contribution in [0, 0.1) is 19.3 Å². The fourth-order valence-corrected chi connectivity index (χ4v) is 1.98. The molecule has 0 aliphatic carbocycles. The van der Waals surface area contributed by atoms with E-state index in [-0.39, 0.29) is 12.3 Å². The second kappa shape index (κ2) is 5.88. The van der Waals surface area contributed by atoms with Gasteiger partial charge in [0.05, 0.1) is 11.8 Å². The standard InChI is InChI=1S/C17H25NO3/c1-11-7-8-12(2)13(9-11)10-14(19)18-17(5,6)16(3,4)15(20)21/h7-9H,10H2,1-6H3,(H,18,19)(H,20,21). The SMILES string of the molecule is Cc1ccc(C)c(CC(=O)NC(C)(C)C(C)(C)C(=O)O)c1. The largest absolute Gasteiger partial charge is 0.481 e. The molecular formula is C17H25NO3. The van der Waals surface area contributed by atoms with E-state index in [2.05, 4.69) is 5.32 Å². The maximum atomic E-state index is 12.3. The van der Waals surface area contributed by atoms with Crippen LogP contribution in [0.15, 0.2) is 18.2 Å². The van der Waals surface area contributed by atoms with E-state index in [4.69, 9.17) is 0 Å². The van der Waals surface area contributed by atoms with Crippen molar-refractivity contribution in [3.05, 3.63) is 34.9 Å². The molecule has 1 aromatic rings. The summed E-state index contributed by atoms with van der Waals surface area (Å²) in [6, 6.07) is 5.99. The van der Waals surface area contributed by atoms with E-state index in [9.17, 15) is 14.7 Å². The first-order valence-corrected chi connectivity index (χ1v) is 7.08. The molecular weight excluding hydrogens is 266 g/mol. The van der Waals surface area contributed by atoms with Crippen molar-refractivity contribution in [3.63, 3.8) is 0 Å². The highest BCUT2D eigenvalue weighted by molar-refractivity contribution is 5.82. The van der Waals surface area contributed by atoms with Crippen molar-refractivity contribution in [1.29, 1.82) is 0 Å². The molecule has 0 aromatic heterocycles. The van der Waals surface area contributed by atoms with Crippen LogP contribution in [0.4, 0.5) is 0 Å². The molecule has 1 rings (SSSR count). The van der Waals surface area contributed by atoms with Crippen molar-refractivity contribution in [2.75, 3.05) is 0 Å². The Bertz CT molecular complexity index is 559. The summed E-state index contributed by atoms with van der Waals surface area (Å²) in [5.74, 6) is -1.09. The molecule has 4 heteroatoms. The quantitative estimate of drug-likeness (QED) is 0.876. The van der Waals surface area contributed by atoms with Crippen molar-refractivity contribution in [2.45, 2.75) is 53.5 Å². The van der Waals surface area contributed by atoms with Crippen LogP contribution in [-0.4, -0.2) is 22.5 Å². The minimum Gasteiger partial charge on any atom is -0.481 e. The number of amides is 1. The molecule has 0 atom stereocenters. The molecule has 1 aromatic carbocycles. The molecule has 0 spiro atoms. The summed E-state index contributed by atoms with van der Waals surface area (Å²) in [4.78, 5) is 23.6. The molecule has 1 amide bonds. The number of aryl methyl sites for hydroxylation is 2. The first-order valence-electron chi connectivity index (χ1n) is 7.08. The Balaban J connectivity index is 2.87. The Morgan fingerprint density at radius 3 is 2.24 bits per heavy atom. The van der Waals surface area contributed by atoms with Gasteiger partial charge in [0, 0.05) is 5.54 Å². The number of aliphatic carboxylic acids is 1. The summed E-state index contributed by atoms with van der Waals surface area (Å²) in [5, 5.41) is 12.2. The van der Waals surface area contributed by atoms with Crippen LogP contribution in [0.1, 0.15) is 44.4 Å². The van der Waals surface area contributed by atoms with Crippen LogP contribution in [0.2, 0.25) is 0 Å². The highest BCUT2D eigenvalue weighted by atomic mass is 16.4. The number of nitrogens with one attached hydrogen (secondary N) is 1. The van der Waals surface area contributed by atoms with Gasteiger partial charge in [-0.2, -0.15) is 0 Å². The van der Waals surface area contributed by atoms with Crippen LogP contribution in [0.25, 0.3) is 0 Å². The molecule has 4 nitrogen and oxygen atoms in total. The maximum absolute atomic E-state index is 12.3. The van der Waals surface area contributed by atoms with Gasteiger partial charge in [0.15, 0.2) is 0 Å². The Labute approximate surface area is 126 Å². The first kappa shape index (κ1) is 17.2. The fourth-order valence-electron chi connectivity index (χ4n) is 1.98. The normalized spacial score (nSPS) is 12.1. The fraction of sp³-hybridized carbons (Fsp3) is 0.529. The minimum atomic E-state index is -1.05. The average Bonchev–Trinajstić information content (AvgIpc) is 2.32. The predicted molar refractivity (Wildman–Crippen MR) is 83.3 cm³/mol. The molecule has 0 bridgehead atoms. The lowest BCUT2D eigenvalue weighted by atomic mass is 9.74. The Morgan fingerprint density at radius 1 is 1.14 bits per heavy atom. The van der Waals surface area contributed by atoms with Gasteiger partial charge in [-0.1, -0.05) is 23.8 Å². The van der Waals surface area contributed by atoms with E-state index in [0.717, 1.165) is 16.7 Å². The monoisotopic (exact) mass is 291 g/mol. The summed E-state index contributed by atoms with van der Waals surface area (Å²) < 4.78 is 0. The summed E-state index contributed by atoms with van der Waals surface area (Å²) >= 11 is 0. The van der Waals surface area contributed by atoms with Gasteiger partial charge >= 0.3 is 5.97 Å². The molecule has 0 aliphatic heterocycles. The number of carbonyl (C=O) groups excluding carboxylic acids is 1. The van der Waals surface area contributed by atoms with E-state index in [1.165, 1.54) is 0 Å². The van der Waals surface area contributed by atoms with Gasteiger partial charge < -0.3 is 10.4 Å². The van der Waals surface area contributed by atoms with Gasteiger partial charge in [0.1, 0.15) is 0 Å². The molecule has 0 unspecified atom stereocenters. The molecule has 116 valence electrons. The highest BCUT2D eigenvalue weighted by Gasteiger charge is 2.44. The smallest absolute Gasteiger partial charge is 0.311 e. The van der Waals surface area contributed by atoms with E-state index in [1.807, 2.05) is 32.0 Å². The van der Waals surface area contributed by atoms with Gasteiger partial charge in [0.2, 0.25) is 5.91 Å². The van der Waals surface area contributed by atoms with Gasteiger partial charge in [-0.25, -0.2) is 0 Å². The lowest BCUT2D eigenvalue weighted by Gasteiger charge is -2.38. The number of hydrogen-bond donors (Lipinski definition) is 2. The van der Waals surface area contributed by atoms with Crippen LogP contribution in [0.5, 0.6) is 0 Å². The molecule has 2 N–H and O–H groups in total. The van der Waals surface area contributed by atoms with Gasteiger partial charge in [-0.05, 0) is 52.7 Å². The number of carboxylic acids is 1.